The lowest BCUT2D eigenvalue weighted by atomic mass is 10.0. The number of phenolic OH excluding ortho intramolecular Hbond substituents is 1. The Balaban J connectivity index is 1.31. The summed E-state index contributed by atoms with van der Waals surface area (Å²) in [4.78, 5) is 16.7. The number of hydrogen-bond donors (Lipinski definition) is 3. The lowest BCUT2D eigenvalue weighted by Gasteiger charge is -2.12. The van der Waals surface area contributed by atoms with Gasteiger partial charge in [-0.25, -0.2) is 4.98 Å². The summed E-state index contributed by atoms with van der Waals surface area (Å²) in [6.07, 6.45) is 3.25. The summed E-state index contributed by atoms with van der Waals surface area (Å²) >= 11 is 0. The molecule has 0 spiro atoms. The number of phenols is 1. The van der Waals surface area contributed by atoms with Crippen LogP contribution in [0.5, 0.6) is 5.75 Å². The minimum Gasteiger partial charge on any atom is -0.507 e. The monoisotopic (exact) mass is 451 g/mol. The molecule has 0 unspecified atom stereocenters. The third-order valence-electron chi connectivity index (χ3n) is 5.52. The number of para-hydroxylation sites is 1. The number of benzene rings is 2. The number of rotatable bonds is 7. The van der Waals surface area contributed by atoms with Gasteiger partial charge in [0, 0.05) is 30.9 Å². The molecular weight excluding hydrogens is 429 g/mol. The molecule has 0 saturated carbocycles. The van der Waals surface area contributed by atoms with Crippen molar-refractivity contribution in [2.45, 2.75) is 13.1 Å². The van der Waals surface area contributed by atoms with Crippen LogP contribution in [0.4, 0.5) is 5.82 Å². The number of nitrogens with zero attached hydrogens (tertiary/aromatic N) is 3. The van der Waals surface area contributed by atoms with E-state index in [1.807, 2.05) is 50.3 Å². The van der Waals surface area contributed by atoms with Crippen molar-refractivity contribution < 1.29 is 14.3 Å². The van der Waals surface area contributed by atoms with Gasteiger partial charge in [0.25, 0.3) is 5.91 Å². The Bertz CT molecular complexity index is 1450. The molecular formula is C25H22BN5O3. The topological polar surface area (TPSA) is 105 Å². The number of aromatic nitrogens is 3. The van der Waals surface area contributed by atoms with E-state index in [4.69, 9.17) is 9.40 Å². The van der Waals surface area contributed by atoms with Gasteiger partial charge in [-0.3, -0.25) is 4.79 Å². The largest absolute Gasteiger partial charge is 0.507 e. The third kappa shape index (κ3) is 4.36. The zero-order valence-electron chi connectivity index (χ0n) is 18.5. The van der Waals surface area contributed by atoms with E-state index in [0.29, 0.717) is 30.1 Å². The Hall–Kier alpha value is -4.53. The van der Waals surface area contributed by atoms with Crippen molar-refractivity contribution in [2.24, 2.45) is 0 Å². The van der Waals surface area contributed by atoms with Crippen molar-refractivity contribution in [3.05, 3.63) is 96.1 Å². The van der Waals surface area contributed by atoms with Gasteiger partial charge in [0.05, 0.1) is 12.0 Å². The zero-order valence-corrected chi connectivity index (χ0v) is 18.5. The molecule has 5 aromatic rings. The van der Waals surface area contributed by atoms with Crippen LogP contribution in [0.2, 0.25) is 0 Å². The Kier molecular flexibility index (Phi) is 5.74. The Labute approximate surface area is 196 Å². The van der Waals surface area contributed by atoms with Gasteiger partial charge in [-0.1, -0.05) is 36.4 Å². The standard InChI is InChI=1S/C25H22BN5O3/c26-19-15-29-31-23(12-20(30-24(19)31)18-4-1-2-5-21(18)32)27-13-16-7-9-17(10-8-16)14-28-25(33)22-6-3-11-34-22/h1-12,15,27,32H,13-14,26H2,(H,28,33). The van der Waals surface area contributed by atoms with E-state index in [-0.39, 0.29) is 11.7 Å². The minimum absolute atomic E-state index is 0.178. The number of amides is 1. The Morgan fingerprint density at radius 2 is 1.79 bits per heavy atom. The lowest BCUT2D eigenvalue weighted by Crippen LogP contribution is -2.22. The molecule has 3 heterocycles. The molecule has 0 bridgehead atoms. The van der Waals surface area contributed by atoms with Crippen LogP contribution in [0.15, 0.2) is 83.6 Å². The average Bonchev–Trinajstić information content (AvgIpc) is 3.53. The van der Waals surface area contributed by atoms with Crippen LogP contribution in [0, 0.1) is 0 Å². The summed E-state index contributed by atoms with van der Waals surface area (Å²) in [5.41, 5.74) is 5.06. The average molecular weight is 451 g/mol. The maximum Gasteiger partial charge on any atom is 0.287 e. The molecule has 0 saturated heterocycles. The van der Waals surface area contributed by atoms with Crippen molar-refractivity contribution in [1.82, 2.24) is 19.9 Å². The van der Waals surface area contributed by atoms with E-state index < -0.39 is 0 Å². The first-order valence-corrected chi connectivity index (χ1v) is 10.9. The van der Waals surface area contributed by atoms with Crippen molar-refractivity contribution in [3.8, 4) is 17.0 Å². The first-order valence-electron chi connectivity index (χ1n) is 10.9. The third-order valence-corrected chi connectivity index (χ3v) is 5.52. The van der Waals surface area contributed by atoms with Crippen molar-refractivity contribution >= 4 is 30.7 Å². The fourth-order valence-corrected chi connectivity index (χ4v) is 3.67. The summed E-state index contributed by atoms with van der Waals surface area (Å²) in [5.74, 6) is 0.997. The van der Waals surface area contributed by atoms with Gasteiger partial charge in [0.1, 0.15) is 19.4 Å². The van der Waals surface area contributed by atoms with Crippen LogP contribution in [-0.2, 0) is 13.1 Å². The first-order chi connectivity index (χ1) is 16.6. The molecule has 8 nitrogen and oxygen atoms in total. The number of furan rings is 1. The highest BCUT2D eigenvalue weighted by Crippen LogP contribution is 2.29. The van der Waals surface area contributed by atoms with E-state index in [9.17, 15) is 9.90 Å². The summed E-state index contributed by atoms with van der Waals surface area (Å²) in [6, 6.07) is 20.3. The molecule has 0 atom stereocenters. The molecule has 0 aliphatic rings. The summed E-state index contributed by atoms with van der Waals surface area (Å²) < 4.78 is 6.87. The van der Waals surface area contributed by atoms with Gasteiger partial charge < -0.3 is 20.2 Å². The van der Waals surface area contributed by atoms with Gasteiger partial charge in [0.2, 0.25) is 0 Å². The number of carbonyl (C=O) groups excluding carboxylic acids is 1. The molecule has 168 valence electrons. The highest BCUT2D eigenvalue weighted by Gasteiger charge is 2.13. The number of fused-ring (bicyclic) bond motifs is 1. The second-order valence-corrected chi connectivity index (χ2v) is 7.94. The normalized spacial score (nSPS) is 10.9. The van der Waals surface area contributed by atoms with E-state index in [2.05, 4.69) is 15.7 Å². The SMILES string of the molecule is Bc1cnn2c(NCc3ccc(CNC(=O)c4ccco4)cc3)cc(-c3ccccc3O)nc12. The van der Waals surface area contributed by atoms with Gasteiger partial charge >= 0.3 is 0 Å². The first kappa shape index (κ1) is 21.3. The number of aromatic hydroxyl groups is 1. The fraction of sp³-hybridized carbons (Fsp3) is 0.0800. The molecule has 9 heteroatoms. The number of anilines is 1. The van der Waals surface area contributed by atoms with Gasteiger partial charge in [0.15, 0.2) is 11.4 Å². The number of carbonyl (C=O) groups is 1. The maximum absolute atomic E-state index is 12.0. The van der Waals surface area contributed by atoms with E-state index in [0.717, 1.165) is 28.1 Å². The van der Waals surface area contributed by atoms with Crippen LogP contribution in [0.25, 0.3) is 16.9 Å². The van der Waals surface area contributed by atoms with Crippen LogP contribution in [0.1, 0.15) is 21.7 Å². The van der Waals surface area contributed by atoms with Crippen LogP contribution < -0.4 is 16.1 Å². The highest BCUT2D eigenvalue weighted by molar-refractivity contribution is 6.36. The van der Waals surface area contributed by atoms with E-state index in [1.54, 1.807) is 35.0 Å². The molecule has 0 radical (unpaired) electrons. The summed E-state index contributed by atoms with van der Waals surface area (Å²) in [6.45, 7) is 0.978. The molecule has 3 N–H and O–H groups in total. The minimum atomic E-state index is -0.243. The van der Waals surface area contributed by atoms with Crippen LogP contribution >= 0.6 is 0 Å². The highest BCUT2D eigenvalue weighted by atomic mass is 16.3. The Morgan fingerprint density at radius 3 is 2.53 bits per heavy atom. The lowest BCUT2D eigenvalue weighted by molar-refractivity contribution is 0.0923. The molecule has 1 amide bonds. The van der Waals surface area contributed by atoms with Crippen molar-refractivity contribution in [2.75, 3.05) is 5.32 Å². The molecule has 0 fully saturated rings. The van der Waals surface area contributed by atoms with E-state index in [1.165, 1.54) is 6.26 Å². The molecule has 34 heavy (non-hydrogen) atoms. The molecule has 0 aliphatic carbocycles. The van der Waals surface area contributed by atoms with Crippen LogP contribution in [-0.4, -0.2) is 33.5 Å². The van der Waals surface area contributed by atoms with Crippen LogP contribution in [0.3, 0.4) is 0 Å². The predicted octanol–water partition coefficient (Wildman–Crippen LogP) is 2.50. The Morgan fingerprint density at radius 1 is 1.03 bits per heavy atom. The summed E-state index contributed by atoms with van der Waals surface area (Å²) in [7, 11) is 1.96. The zero-order chi connectivity index (χ0) is 23.5. The van der Waals surface area contributed by atoms with E-state index >= 15 is 0 Å². The molecule has 3 aromatic heterocycles. The number of hydrogen-bond acceptors (Lipinski definition) is 6. The number of nitrogens with one attached hydrogen (secondary N) is 2. The quantitative estimate of drug-likeness (QED) is 0.329. The van der Waals surface area contributed by atoms with Gasteiger partial charge in [-0.2, -0.15) is 9.61 Å². The summed E-state index contributed by atoms with van der Waals surface area (Å²) in [5, 5.41) is 21.0. The second-order valence-electron chi connectivity index (χ2n) is 7.94. The second kappa shape index (κ2) is 9.15. The van der Waals surface area contributed by atoms with Crippen molar-refractivity contribution in [3.63, 3.8) is 0 Å². The van der Waals surface area contributed by atoms with Gasteiger partial charge in [-0.15, -0.1) is 0 Å². The molecule has 5 rings (SSSR count). The molecule has 0 aliphatic heterocycles. The fourth-order valence-electron chi connectivity index (χ4n) is 3.67. The molecule has 2 aromatic carbocycles. The smallest absolute Gasteiger partial charge is 0.287 e. The predicted molar refractivity (Wildman–Crippen MR) is 132 cm³/mol. The maximum atomic E-state index is 12.0. The van der Waals surface area contributed by atoms with Crippen molar-refractivity contribution in [1.29, 1.82) is 0 Å². The van der Waals surface area contributed by atoms with Gasteiger partial charge in [-0.05, 0) is 40.9 Å².